The van der Waals surface area contributed by atoms with Gasteiger partial charge in [-0.3, -0.25) is 4.79 Å². The lowest BCUT2D eigenvalue weighted by molar-refractivity contribution is 0.0712. The molecule has 0 saturated carbocycles. The first-order chi connectivity index (χ1) is 13.3. The standard InChI is InChI=1S/C21H26N2O4S/c1-3-22-28(26,27)19-9-4-15(2)20(14-19)21(25)23-12-10-17(11-13-23)16-5-7-18(24)8-6-16/h4-9,14,17,22,24H,3,10-13H2,1-2H3. The number of aromatic hydroxyl groups is 1. The van der Waals surface area contributed by atoms with E-state index in [9.17, 15) is 18.3 Å². The van der Waals surface area contributed by atoms with Crippen LogP contribution < -0.4 is 4.72 Å². The van der Waals surface area contributed by atoms with Crippen LogP contribution in [0.25, 0.3) is 0 Å². The van der Waals surface area contributed by atoms with E-state index in [0.717, 1.165) is 18.4 Å². The van der Waals surface area contributed by atoms with Crippen LogP contribution in [0.5, 0.6) is 5.75 Å². The number of benzene rings is 2. The highest BCUT2D eigenvalue weighted by Crippen LogP contribution is 2.30. The van der Waals surface area contributed by atoms with Crippen molar-refractivity contribution >= 4 is 15.9 Å². The molecule has 1 amide bonds. The molecule has 0 aliphatic carbocycles. The molecule has 2 N–H and O–H groups in total. The second-order valence-electron chi connectivity index (χ2n) is 7.14. The normalized spacial score (nSPS) is 15.6. The van der Waals surface area contributed by atoms with Crippen LogP contribution in [0.1, 0.15) is 47.2 Å². The van der Waals surface area contributed by atoms with Gasteiger partial charge in [-0.05, 0) is 61.1 Å². The average Bonchev–Trinajstić information content (AvgIpc) is 2.68. The number of aryl methyl sites for hydroxylation is 1. The molecule has 0 aromatic heterocycles. The van der Waals surface area contributed by atoms with Crippen LogP contribution in [0.3, 0.4) is 0 Å². The maximum atomic E-state index is 13.0. The van der Waals surface area contributed by atoms with Crippen molar-refractivity contribution in [2.24, 2.45) is 0 Å². The molecule has 0 bridgehead atoms. The minimum Gasteiger partial charge on any atom is -0.508 e. The van der Waals surface area contributed by atoms with Gasteiger partial charge in [0, 0.05) is 25.2 Å². The van der Waals surface area contributed by atoms with E-state index in [1.54, 1.807) is 30.0 Å². The second-order valence-corrected chi connectivity index (χ2v) is 8.90. The van der Waals surface area contributed by atoms with Gasteiger partial charge in [-0.2, -0.15) is 0 Å². The van der Waals surface area contributed by atoms with E-state index >= 15 is 0 Å². The molecular formula is C21H26N2O4S. The SMILES string of the molecule is CCNS(=O)(=O)c1ccc(C)c(C(=O)N2CCC(c3ccc(O)cc3)CC2)c1. The number of carbonyl (C=O) groups excluding carboxylic acids is 1. The van der Waals surface area contributed by atoms with Gasteiger partial charge < -0.3 is 10.0 Å². The summed E-state index contributed by atoms with van der Waals surface area (Å²) in [5.41, 5.74) is 2.36. The Morgan fingerprint density at radius 3 is 2.39 bits per heavy atom. The third-order valence-corrected chi connectivity index (χ3v) is 6.77. The lowest BCUT2D eigenvalue weighted by Crippen LogP contribution is -2.38. The van der Waals surface area contributed by atoms with Crippen LogP contribution in [0.4, 0.5) is 0 Å². The molecule has 150 valence electrons. The Morgan fingerprint density at radius 2 is 1.79 bits per heavy atom. The Bertz CT molecular complexity index is 947. The highest BCUT2D eigenvalue weighted by atomic mass is 32.2. The van der Waals surface area contributed by atoms with Crippen LogP contribution in [-0.2, 0) is 10.0 Å². The fourth-order valence-corrected chi connectivity index (χ4v) is 4.67. The molecule has 6 nitrogen and oxygen atoms in total. The summed E-state index contributed by atoms with van der Waals surface area (Å²) in [4.78, 5) is 14.9. The number of likely N-dealkylation sites (tertiary alicyclic amines) is 1. The van der Waals surface area contributed by atoms with Crippen LogP contribution >= 0.6 is 0 Å². The summed E-state index contributed by atoms with van der Waals surface area (Å²) in [6, 6.07) is 11.9. The summed E-state index contributed by atoms with van der Waals surface area (Å²) >= 11 is 0. The zero-order chi connectivity index (χ0) is 20.3. The number of rotatable bonds is 5. The summed E-state index contributed by atoms with van der Waals surface area (Å²) in [5.74, 6) is 0.473. The number of nitrogens with one attached hydrogen (secondary N) is 1. The van der Waals surface area contributed by atoms with Gasteiger partial charge in [-0.15, -0.1) is 0 Å². The topological polar surface area (TPSA) is 86.7 Å². The summed E-state index contributed by atoms with van der Waals surface area (Å²) in [7, 11) is -3.60. The molecule has 1 heterocycles. The Hall–Kier alpha value is -2.38. The number of nitrogens with zero attached hydrogens (tertiary/aromatic N) is 1. The Balaban J connectivity index is 1.74. The molecular weight excluding hydrogens is 376 g/mol. The van der Waals surface area contributed by atoms with Gasteiger partial charge in [-0.1, -0.05) is 25.1 Å². The van der Waals surface area contributed by atoms with Crippen molar-refractivity contribution in [2.45, 2.75) is 37.5 Å². The number of carbonyl (C=O) groups is 1. The van der Waals surface area contributed by atoms with E-state index in [2.05, 4.69) is 4.72 Å². The maximum Gasteiger partial charge on any atom is 0.254 e. The summed E-state index contributed by atoms with van der Waals surface area (Å²) in [6.07, 6.45) is 1.68. The molecule has 1 aliphatic rings. The van der Waals surface area contributed by atoms with Crippen molar-refractivity contribution in [3.05, 3.63) is 59.2 Å². The molecule has 28 heavy (non-hydrogen) atoms. The predicted octanol–water partition coefficient (Wildman–Crippen LogP) is 3.02. The Labute approximate surface area is 166 Å². The second kappa shape index (κ2) is 8.32. The number of sulfonamides is 1. The van der Waals surface area contributed by atoms with Crippen LogP contribution in [0, 0.1) is 6.92 Å². The lowest BCUT2D eigenvalue weighted by Gasteiger charge is -2.32. The maximum absolute atomic E-state index is 13.0. The van der Waals surface area contributed by atoms with Gasteiger partial charge in [-0.25, -0.2) is 13.1 Å². The van der Waals surface area contributed by atoms with E-state index in [1.165, 1.54) is 17.7 Å². The minimum absolute atomic E-state index is 0.113. The third-order valence-electron chi connectivity index (χ3n) is 5.23. The third kappa shape index (κ3) is 4.36. The van der Waals surface area contributed by atoms with Gasteiger partial charge in [0.2, 0.25) is 10.0 Å². The number of phenolic OH excluding ortho intramolecular Hbond substituents is 1. The molecule has 7 heteroatoms. The number of amides is 1. The zero-order valence-electron chi connectivity index (χ0n) is 16.2. The highest BCUT2D eigenvalue weighted by Gasteiger charge is 2.26. The molecule has 2 aromatic rings. The zero-order valence-corrected chi connectivity index (χ0v) is 17.0. The fourth-order valence-electron chi connectivity index (χ4n) is 3.60. The van der Waals surface area contributed by atoms with Gasteiger partial charge in [0.25, 0.3) is 5.91 Å². The molecule has 1 aliphatic heterocycles. The van der Waals surface area contributed by atoms with E-state index in [0.29, 0.717) is 31.1 Å². The van der Waals surface area contributed by atoms with Gasteiger partial charge >= 0.3 is 0 Å². The molecule has 1 saturated heterocycles. The number of hydrogen-bond acceptors (Lipinski definition) is 4. The van der Waals surface area contributed by atoms with Crippen LogP contribution in [-0.4, -0.2) is 44.0 Å². The molecule has 0 spiro atoms. The number of piperidine rings is 1. The number of phenols is 1. The predicted molar refractivity (Wildman–Crippen MR) is 108 cm³/mol. The fraction of sp³-hybridized carbons (Fsp3) is 0.381. The van der Waals surface area contributed by atoms with Crippen molar-refractivity contribution in [1.82, 2.24) is 9.62 Å². The van der Waals surface area contributed by atoms with Crippen LogP contribution in [0.2, 0.25) is 0 Å². The van der Waals surface area contributed by atoms with Crippen molar-refractivity contribution in [3.8, 4) is 5.75 Å². The Kier molecular flexibility index (Phi) is 6.05. The van der Waals surface area contributed by atoms with Crippen molar-refractivity contribution in [1.29, 1.82) is 0 Å². The highest BCUT2D eigenvalue weighted by molar-refractivity contribution is 7.89. The van der Waals surface area contributed by atoms with E-state index in [-0.39, 0.29) is 16.6 Å². The van der Waals surface area contributed by atoms with Gasteiger partial charge in [0.05, 0.1) is 4.90 Å². The van der Waals surface area contributed by atoms with Crippen molar-refractivity contribution < 1.29 is 18.3 Å². The monoisotopic (exact) mass is 402 g/mol. The minimum atomic E-state index is -3.60. The largest absolute Gasteiger partial charge is 0.508 e. The molecule has 0 unspecified atom stereocenters. The van der Waals surface area contributed by atoms with E-state index < -0.39 is 10.0 Å². The Morgan fingerprint density at radius 1 is 1.14 bits per heavy atom. The van der Waals surface area contributed by atoms with Crippen molar-refractivity contribution in [2.75, 3.05) is 19.6 Å². The molecule has 0 radical (unpaired) electrons. The summed E-state index contributed by atoms with van der Waals surface area (Å²) in [6.45, 7) is 5.07. The molecule has 2 aromatic carbocycles. The molecule has 0 atom stereocenters. The first kappa shape index (κ1) is 20.4. The lowest BCUT2D eigenvalue weighted by atomic mass is 9.89. The van der Waals surface area contributed by atoms with Crippen LogP contribution in [0.15, 0.2) is 47.4 Å². The first-order valence-electron chi connectivity index (χ1n) is 9.50. The van der Waals surface area contributed by atoms with E-state index in [4.69, 9.17) is 0 Å². The average molecular weight is 403 g/mol. The van der Waals surface area contributed by atoms with Gasteiger partial charge in [0.15, 0.2) is 0 Å². The number of hydrogen-bond donors (Lipinski definition) is 2. The van der Waals surface area contributed by atoms with Gasteiger partial charge in [0.1, 0.15) is 5.75 Å². The molecule has 3 rings (SSSR count). The first-order valence-corrected chi connectivity index (χ1v) is 11.0. The summed E-state index contributed by atoms with van der Waals surface area (Å²) in [5, 5.41) is 9.44. The van der Waals surface area contributed by atoms with Crippen molar-refractivity contribution in [3.63, 3.8) is 0 Å². The smallest absolute Gasteiger partial charge is 0.254 e. The molecule has 1 fully saturated rings. The van der Waals surface area contributed by atoms with E-state index in [1.807, 2.05) is 19.1 Å². The quantitative estimate of drug-likeness (QED) is 0.805. The summed E-state index contributed by atoms with van der Waals surface area (Å²) < 4.78 is 27.0.